The van der Waals surface area contributed by atoms with Gasteiger partial charge >= 0.3 is 5.69 Å². The van der Waals surface area contributed by atoms with E-state index < -0.39 is 15.7 Å². The number of hydrogen-bond acceptors (Lipinski definition) is 5. The van der Waals surface area contributed by atoms with E-state index in [0.29, 0.717) is 5.69 Å². The van der Waals surface area contributed by atoms with Crippen molar-refractivity contribution in [2.75, 3.05) is 10.5 Å². The lowest BCUT2D eigenvalue weighted by Crippen LogP contribution is -2.24. The molecule has 0 saturated heterocycles. The van der Waals surface area contributed by atoms with Crippen molar-refractivity contribution in [1.29, 1.82) is 0 Å². The molecule has 0 aliphatic heterocycles. The Morgan fingerprint density at radius 3 is 2.43 bits per heavy atom. The number of nitrogens with zero attached hydrogens (tertiary/aromatic N) is 2. The molecule has 1 aliphatic carbocycles. The van der Waals surface area contributed by atoms with Crippen LogP contribution in [0.4, 0.5) is 11.5 Å². The van der Waals surface area contributed by atoms with Crippen molar-refractivity contribution in [1.82, 2.24) is 9.55 Å². The van der Waals surface area contributed by atoms with Gasteiger partial charge in [0.2, 0.25) is 0 Å². The molecule has 1 saturated carbocycles. The van der Waals surface area contributed by atoms with Crippen molar-refractivity contribution < 1.29 is 8.42 Å². The Balaban J connectivity index is 1.86. The van der Waals surface area contributed by atoms with Gasteiger partial charge in [-0.1, -0.05) is 0 Å². The van der Waals surface area contributed by atoms with E-state index in [1.165, 1.54) is 34.9 Å². The zero-order chi connectivity index (χ0) is 15.0. The molecule has 7 nitrogen and oxygen atoms in total. The Morgan fingerprint density at radius 2 is 1.86 bits per heavy atom. The predicted molar refractivity (Wildman–Crippen MR) is 78.4 cm³/mol. The minimum atomic E-state index is -3.78. The topological polar surface area (TPSA) is 107 Å². The van der Waals surface area contributed by atoms with Gasteiger partial charge in [-0.3, -0.25) is 9.29 Å². The Hall–Kier alpha value is -2.35. The van der Waals surface area contributed by atoms with Crippen LogP contribution in [-0.4, -0.2) is 18.0 Å². The number of aromatic nitrogens is 2. The van der Waals surface area contributed by atoms with Gasteiger partial charge in [0, 0.05) is 17.9 Å². The van der Waals surface area contributed by atoms with Crippen molar-refractivity contribution in [2.45, 2.75) is 23.8 Å². The minimum absolute atomic E-state index is 0.00808. The summed E-state index contributed by atoms with van der Waals surface area (Å²) in [5.41, 5.74) is 5.54. The quantitative estimate of drug-likeness (QED) is 0.818. The Kier molecular flexibility index (Phi) is 3.17. The lowest BCUT2D eigenvalue weighted by Gasteiger charge is -2.08. The molecule has 8 heteroatoms. The van der Waals surface area contributed by atoms with Gasteiger partial charge in [0.1, 0.15) is 5.82 Å². The molecule has 1 aromatic carbocycles. The second-order valence-electron chi connectivity index (χ2n) is 4.91. The predicted octanol–water partition coefficient (Wildman–Crippen LogP) is 0.961. The molecule has 1 aromatic heterocycles. The summed E-state index contributed by atoms with van der Waals surface area (Å²) in [5, 5.41) is 0. The average Bonchev–Trinajstić information content (AvgIpc) is 3.23. The molecule has 3 rings (SSSR count). The van der Waals surface area contributed by atoms with Crippen molar-refractivity contribution >= 4 is 21.5 Å². The van der Waals surface area contributed by atoms with Gasteiger partial charge in [-0.2, -0.15) is 4.98 Å². The number of rotatable bonds is 4. The van der Waals surface area contributed by atoms with Crippen LogP contribution >= 0.6 is 0 Å². The van der Waals surface area contributed by atoms with E-state index in [-0.39, 0.29) is 16.8 Å². The maximum absolute atomic E-state index is 12.2. The highest BCUT2D eigenvalue weighted by Crippen LogP contribution is 2.33. The summed E-state index contributed by atoms with van der Waals surface area (Å²) < 4.78 is 28.1. The van der Waals surface area contributed by atoms with E-state index in [0.717, 1.165) is 12.8 Å². The largest absolute Gasteiger partial charge is 0.399 e. The van der Waals surface area contributed by atoms with Crippen LogP contribution in [-0.2, 0) is 10.0 Å². The summed E-state index contributed by atoms with van der Waals surface area (Å²) >= 11 is 0. The highest BCUT2D eigenvalue weighted by atomic mass is 32.2. The molecule has 0 unspecified atom stereocenters. The van der Waals surface area contributed by atoms with E-state index in [9.17, 15) is 13.2 Å². The van der Waals surface area contributed by atoms with Crippen LogP contribution in [0.1, 0.15) is 18.9 Å². The number of nitrogens with two attached hydrogens (primary N) is 1. The smallest absolute Gasteiger partial charge is 0.349 e. The molecule has 0 radical (unpaired) electrons. The fraction of sp³-hybridized carbons (Fsp3) is 0.231. The molecule has 110 valence electrons. The molecule has 0 bridgehead atoms. The summed E-state index contributed by atoms with van der Waals surface area (Å²) in [7, 11) is -3.78. The molecule has 3 N–H and O–H groups in total. The van der Waals surface area contributed by atoms with Crippen molar-refractivity contribution in [3.8, 4) is 0 Å². The zero-order valence-electron chi connectivity index (χ0n) is 11.1. The SMILES string of the molecule is Nc1ccc(S(=O)(=O)Nc2ccn(C3CC3)c(=O)n2)cc1. The van der Waals surface area contributed by atoms with Gasteiger partial charge < -0.3 is 5.73 Å². The van der Waals surface area contributed by atoms with E-state index >= 15 is 0 Å². The van der Waals surface area contributed by atoms with E-state index in [1.54, 1.807) is 6.20 Å². The molecule has 2 aromatic rings. The number of anilines is 2. The van der Waals surface area contributed by atoms with Crippen LogP contribution in [0.25, 0.3) is 0 Å². The lowest BCUT2D eigenvalue weighted by atomic mass is 10.3. The third-order valence-corrected chi connectivity index (χ3v) is 4.57. The van der Waals surface area contributed by atoms with E-state index in [2.05, 4.69) is 9.71 Å². The maximum atomic E-state index is 12.2. The zero-order valence-corrected chi connectivity index (χ0v) is 11.9. The molecule has 21 heavy (non-hydrogen) atoms. The first kappa shape index (κ1) is 13.6. The van der Waals surface area contributed by atoms with Gasteiger partial charge in [0.15, 0.2) is 0 Å². The molecule has 1 fully saturated rings. The number of hydrogen-bond donors (Lipinski definition) is 2. The van der Waals surface area contributed by atoms with Gasteiger partial charge in [-0.05, 0) is 43.2 Å². The summed E-state index contributed by atoms with van der Waals surface area (Å²) in [6.07, 6.45) is 3.48. The van der Waals surface area contributed by atoms with Gasteiger partial charge in [-0.15, -0.1) is 0 Å². The standard InChI is InChI=1S/C13H14N4O3S/c14-9-1-5-11(6-2-9)21(19,20)16-12-7-8-17(10-3-4-10)13(18)15-12/h1-2,5-8,10H,3-4,14H2,(H,15,16,18). The first-order chi connectivity index (χ1) is 9.95. The van der Waals surface area contributed by atoms with Gasteiger partial charge in [0.05, 0.1) is 4.90 Å². The van der Waals surface area contributed by atoms with E-state index in [1.807, 2.05) is 0 Å². The number of sulfonamides is 1. The molecule has 0 spiro atoms. The normalized spacial score (nSPS) is 14.9. The Labute approximate surface area is 121 Å². The van der Waals surface area contributed by atoms with Crippen LogP contribution < -0.4 is 16.1 Å². The first-order valence-corrected chi connectivity index (χ1v) is 7.91. The molecule has 1 aliphatic rings. The third kappa shape index (κ3) is 2.89. The number of nitrogen functional groups attached to an aromatic ring is 1. The van der Waals surface area contributed by atoms with Gasteiger partial charge in [0.25, 0.3) is 10.0 Å². The highest BCUT2D eigenvalue weighted by Gasteiger charge is 2.25. The van der Waals surface area contributed by atoms with Crippen LogP contribution in [0.2, 0.25) is 0 Å². The molecule has 0 amide bonds. The van der Waals surface area contributed by atoms with Crippen molar-refractivity contribution in [3.63, 3.8) is 0 Å². The van der Waals surface area contributed by atoms with Crippen LogP contribution in [0.3, 0.4) is 0 Å². The summed E-state index contributed by atoms with van der Waals surface area (Å²) in [5.74, 6) is 0.00808. The minimum Gasteiger partial charge on any atom is -0.399 e. The number of benzene rings is 1. The lowest BCUT2D eigenvalue weighted by molar-refractivity contribution is 0.601. The van der Waals surface area contributed by atoms with Crippen LogP contribution in [0.15, 0.2) is 46.2 Å². The monoisotopic (exact) mass is 306 g/mol. The Bertz CT molecular complexity index is 823. The highest BCUT2D eigenvalue weighted by molar-refractivity contribution is 7.92. The summed E-state index contributed by atoms with van der Waals surface area (Å²) in [6, 6.07) is 7.45. The van der Waals surface area contributed by atoms with Crippen LogP contribution in [0.5, 0.6) is 0 Å². The first-order valence-electron chi connectivity index (χ1n) is 6.43. The Morgan fingerprint density at radius 1 is 1.19 bits per heavy atom. The maximum Gasteiger partial charge on any atom is 0.349 e. The molecule has 0 atom stereocenters. The van der Waals surface area contributed by atoms with Crippen molar-refractivity contribution in [3.05, 3.63) is 47.0 Å². The third-order valence-electron chi connectivity index (χ3n) is 3.20. The van der Waals surface area contributed by atoms with Gasteiger partial charge in [-0.25, -0.2) is 13.2 Å². The average molecular weight is 306 g/mol. The van der Waals surface area contributed by atoms with Crippen LogP contribution in [0, 0.1) is 0 Å². The molecule has 1 heterocycles. The number of nitrogens with one attached hydrogen (secondary N) is 1. The molecular formula is C13H14N4O3S. The fourth-order valence-corrected chi connectivity index (χ4v) is 2.94. The second-order valence-corrected chi connectivity index (χ2v) is 6.59. The fourth-order valence-electron chi connectivity index (χ4n) is 1.94. The van der Waals surface area contributed by atoms with Crippen molar-refractivity contribution in [2.24, 2.45) is 0 Å². The van der Waals surface area contributed by atoms with E-state index in [4.69, 9.17) is 5.73 Å². The molecular weight excluding hydrogens is 292 g/mol. The summed E-state index contributed by atoms with van der Waals surface area (Å²) in [4.78, 5) is 15.6. The summed E-state index contributed by atoms with van der Waals surface area (Å²) in [6.45, 7) is 0. The second kappa shape index (κ2) is 4.88.